The van der Waals surface area contributed by atoms with Gasteiger partial charge in [-0.1, -0.05) is 23.3 Å². The van der Waals surface area contributed by atoms with E-state index in [-0.39, 0.29) is 4.90 Å². The quantitative estimate of drug-likeness (QED) is 0.622. The van der Waals surface area contributed by atoms with Crippen LogP contribution in [-0.2, 0) is 16.6 Å². The molecule has 0 amide bonds. The molecule has 0 aliphatic carbocycles. The van der Waals surface area contributed by atoms with E-state index in [2.05, 4.69) is 14.9 Å². The van der Waals surface area contributed by atoms with Gasteiger partial charge in [0, 0.05) is 6.54 Å². The van der Waals surface area contributed by atoms with Crippen molar-refractivity contribution >= 4 is 10.0 Å². The van der Waals surface area contributed by atoms with Crippen LogP contribution in [0.15, 0.2) is 59.5 Å². The van der Waals surface area contributed by atoms with Crippen LogP contribution >= 0.6 is 0 Å². The number of para-hydroxylation sites is 1. The van der Waals surface area contributed by atoms with E-state index in [4.69, 9.17) is 9.47 Å². The van der Waals surface area contributed by atoms with Crippen molar-refractivity contribution in [1.82, 2.24) is 19.5 Å². The van der Waals surface area contributed by atoms with Gasteiger partial charge in [-0.25, -0.2) is 13.1 Å². The van der Waals surface area contributed by atoms with Crippen molar-refractivity contribution in [2.75, 3.05) is 7.11 Å². The van der Waals surface area contributed by atoms with Crippen LogP contribution in [0.1, 0.15) is 25.7 Å². The van der Waals surface area contributed by atoms with Gasteiger partial charge in [0.05, 0.1) is 18.0 Å². The number of ether oxygens (including phenoxy) is 2. The normalized spacial score (nSPS) is 12.5. The van der Waals surface area contributed by atoms with Gasteiger partial charge in [-0.2, -0.15) is 0 Å². The number of methoxy groups -OCH3 is 1. The third-order valence-corrected chi connectivity index (χ3v) is 5.63. The van der Waals surface area contributed by atoms with E-state index in [0.717, 1.165) is 0 Å². The van der Waals surface area contributed by atoms with Gasteiger partial charge in [0.25, 0.3) is 0 Å². The fraction of sp³-hybridized carbons (Fsp3) is 0.263. The summed E-state index contributed by atoms with van der Waals surface area (Å²) in [5.41, 5.74) is 0. The molecule has 0 aliphatic rings. The Labute approximate surface area is 164 Å². The van der Waals surface area contributed by atoms with E-state index < -0.39 is 16.1 Å². The van der Waals surface area contributed by atoms with Crippen molar-refractivity contribution in [1.29, 1.82) is 0 Å². The monoisotopic (exact) mass is 402 g/mol. The first-order valence-electron chi connectivity index (χ1n) is 8.77. The van der Waals surface area contributed by atoms with Gasteiger partial charge < -0.3 is 9.47 Å². The summed E-state index contributed by atoms with van der Waals surface area (Å²) in [6, 6.07) is 15.3. The third kappa shape index (κ3) is 4.32. The molecule has 0 spiro atoms. The molecule has 8 nitrogen and oxygen atoms in total. The van der Waals surface area contributed by atoms with Gasteiger partial charge in [0.15, 0.2) is 5.82 Å². The standard InChI is InChI=1S/C19H22N4O4S/c1-4-23-18(20-21-19(23)26-3)14(2)22-28(24,25)17-12-10-16(11-13-17)27-15-8-6-5-7-9-15/h5-14,22H,4H2,1-3H3/t14-/m1/s1. The van der Waals surface area contributed by atoms with E-state index in [1.807, 2.05) is 37.3 Å². The van der Waals surface area contributed by atoms with Gasteiger partial charge in [0.1, 0.15) is 11.5 Å². The predicted molar refractivity (Wildman–Crippen MR) is 104 cm³/mol. The molecule has 0 aliphatic heterocycles. The highest BCUT2D eigenvalue weighted by atomic mass is 32.2. The molecule has 9 heteroatoms. The average Bonchev–Trinajstić information content (AvgIpc) is 3.12. The first-order chi connectivity index (χ1) is 13.4. The minimum atomic E-state index is -3.75. The van der Waals surface area contributed by atoms with Gasteiger partial charge in [0.2, 0.25) is 10.0 Å². The Balaban J connectivity index is 1.74. The maximum Gasteiger partial charge on any atom is 0.316 e. The molecule has 28 heavy (non-hydrogen) atoms. The molecule has 2 aromatic carbocycles. The minimum absolute atomic E-state index is 0.134. The van der Waals surface area contributed by atoms with Crippen LogP contribution in [0.2, 0.25) is 0 Å². The zero-order valence-corrected chi connectivity index (χ0v) is 16.7. The van der Waals surface area contributed by atoms with Gasteiger partial charge in [-0.15, -0.1) is 5.10 Å². The Morgan fingerprint density at radius 1 is 1.04 bits per heavy atom. The summed E-state index contributed by atoms with van der Waals surface area (Å²) in [7, 11) is -2.25. The summed E-state index contributed by atoms with van der Waals surface area (Å²) in [6.45, 7) is 4.17. The molecule has 0 radical (unpaired) electrons. The van der Waals surface area contributed by atoms with Crippen LogP contribution in [0.5, 0.6) is 17.5 Å². The summed E-state index contributed by atoms with van der Waals surface area (Å²) in [4.78, 5) is 0.134. The van der Waals surface area contributed by atoms with Crippen LogP contribution < -0.4 is 14.2 Å². The maximum absolute atomic E-state index is 12.7. The molecule has 1 atom stereocenters. The smallest absolute Gasteiger partial charge is 0.316 e. The fourth-order valence-corrected chi connectivity index (χ4v) is 3.93. The molecule has 3 aromatic rings. The van der Waals surface area contributed by atoms with Crippen molar-refractivity contribution in [3.63, 3.8) is 0 Å². The lowest BCUT2D eigenvalue weighted by Crippen LogP contribution is -2.29. The SMILES string of the molecule is CCn1c(OC)nnc1[C@@H](C)NS(=O)(=O)c1ccc(Oc2ccccc2)cc1. The third-order valence-electron chi connectivity index (χ3n) is 4.08. The molecule has 0 saturated heterocycles. The Kier molecular flexibility index (Phi) is 5.96. The zero-order chi connectivity index (χ0) is 20.1. The Hall–Kier alpha value is -2.91. The van der Waals surface area contributed by atoms with Gasteiger partial charge in [-0.3, -0.25) is 4.57 Å². The Morgan fingerprint density at radius 2 is 1.68 bits per heavy atom. The van der Waals surface area contributed by atoms with E-state index in [0.29, 0.717) is 29.9 Å². The fourth-order valence-electron chi connectivity index (χ4n) is 2.73. The van der Waals surface area contributed by atoms with Gasteiger partial charge in [-0.05, 0) is 50.2 Å². The second kappa shape index (κ2) is 8.41. The van der Waals surface area contributed by atoms with Crippen molar-refractivity contribution in [3.05, 3.63) is 60.4 Å². The highest BCUT2D eigenvalue weighted by molar-refractivity contribution is 7.89. The number of nitrogens with zero attached hydrogens (tertiary/aromatic N) is 3. The number of benzene rings is 2. The van der Waals surface area contributed by atoms with Gasteiger partial charge >= 0.3 is 6.01 Å². The number of rotatable bonds is 8. The first kappa shape index (κ1) is 19.8. The Bertz CT molecular complexity index is 1020. The van der Waals surface area contributed by atoms with Crippen LogP contribution in [-0.4, -0.2) is 30.3 Å². The number of hydrogen-bond donors (Lipinski definition) is 1. The average molecular weight is 402 g/mol. The number of aromatic nitrogens is 3. The molecular weight excluding hydrogens is 380 g/mol. The van der Waals surface area contributed by atoms with Crippen molar-refractivity contribution in [2.24, 2.45) is 0 Å². The molecule has 0 fully saturated rings. The largest absolute Gasteiger partial charge is 0.467 e. The number of hydrogen-bond acceptors (Lipinski definition) is 6. The van der Waals surface area contributed by atoms with Crippen LogP contribution in [0.25, 0.3) is 0 Å². The van der Waals surface area contributed by atoms with Crippen LogP contribution in [0.3, 0.4) is 0 Å². The summed E-state index contributed by atoms with van der Waals surface area (Å²) >= 11 is 0. The molecule has 1 N–H and O–H groups in total. The number of sulfonamides is 1. The molecule has 1 heterocycles. The highest BCUT2D eigenvalue weighted by Crippen LogP contribution is 2.24. The molecule has 1 aromatic heterocycles. The minimum Gasteiger partial charge on any atom is -0.467 e. The molecule has 0 unspecified atom stereocenters. The zero-order valence-electron chi connectivity index (χ0n) is 15.9. The van der Waals surface area contributed by atoms with E-state index in [1.165, 1.54) is 19.2 Å². The van der Waals surface area contributed by atoms with Crippen molar-refractivity contribution in [3.8, 4) is 17.5 Å². The molecule has 148 valence electrons. The van der Waals surface area contributed by atoms with Crippen LogP contribution in [0.4, 0.5) is 0 Å². The Morgan fingerprint density at radius 3 is 2.29 bits per heavy atom. The molecule has 0 bridgehead atoms. The lowest BCUT2D eigenvalue weighted by atomic mass is 10.3. The molecule has 3 rings (SSSR count). The highest BCUT2D eigenvalue weighted by Gasteiger charge is 2.23. The topological polar surface area (TPSA) is 95.3 Å². The molecule has 0 saturated carbocycles. The second-order valence-electron chi connectivity index (χ2n) is 6.02. The summed E-state index contributed by atoms with van der Waals surface area (Å²) in [5.74, 6) is 1.71. The second-order valence-corrected chi connectivity index (χ2v) is 7.73. The van der Waals surface area contributed by atoms with E-state index in [9.17, 15) is 8.42 Å². The molecular formula is C19H22N4O4S. The number of nitrogens with one attached hydrogen (secondary N) is 1. The summed E-state index contributed by atoms with van der Waals surface area (Å²) in [6.07, 6.45) is 0. The van der Waals surface area contributed by atoms with E-state index >= 15 is 0 Å². The lowest BCUT2D eigenvalue weighted by Gasteiger charge is -2.15. The summed E-state index contributed by atoms with van der Waals surface area (Å²) in [5, 5.41) is 7.96. The van der Waals surface area contributed by atoms with Crippen molar-refractivity contribution < 1.29 is 17.9 Å². The van der Waals surface area contributed by atoms with Crippen LogP contribution in [0, 0.1) is 0 Å². The summed E-state index contributed by atoms with van der Waals surface area (Å²) < 4.78 is 40.6. The first-order valence-corrected chi connectivity index (χ1v) is 10.2. The van der Waals surface area contributed by atoms with E-state index in [1.54, 1.807) is 23.6 Å². The maximum atomic E-state index is 12.7. The predicted octanol–water partition coefficient (Wildman–Crippen LogP) is 3.14. The lowest BCUT2D eigenvalue weighted by molar-refractivity contribution is 0.354. The van der Waals surface area contributed by atoms with Crippen molar-refractivity contribution in [2.45, 2.75) is 31.3 Å².